The van der Waals surface area contributed by atoms with E-state index in [1.807, 2.05) is 0 Å². The van der Waals surface area contributed by atoms with Crippen molar-refractivity contribution in [1.29, 1.82) is 0 Å². The zero-order valence-electron chi connectivity index (χ0n) is 63.3. The molecular formula is C106H76BN5. The van der Waals surface area contributed by atoms with E-state index in [1.54, 1.807) is 0 Å². The summed E-state index contributed by atoms with van der Waals surface area (Å²) in [7, 11) is 0. The maximum atomic E-state index is 2.77. The Bertz CT molecular complexity index is 7190. The van der Waals surface area contributed by atoms with Crippen LogP contribution >= 0.6 is 0 Å². The maximum absolute atomic E-state index is 2.77. The van der Waals surface area contributed by atoms with Crippen LogP contribution in [0.4, 0.5) is 34.1 Å². The zero-order chi connectivity index (χ0) is 74.6. The summed E-state index contributed by atoms with van der Waals surface area (Å²) < 4.78 is 7.71. The van der Waals surface area contributed by atoms with E-state index in [0.29, 0.717) is 0 Å². The fraction of sp³-hybridized carbons (Fsp3) is 0.0755. The predicted octanol–water partition coefficient (Wildman–Crippen LogP) is 26.7. The van der Waals surface area contributed by atoms with Crippen LogP contribution in [0, 0.1) is 0 Å². The molecule has 5 heterocycles. The highest BCUT2D eigenvalue weighted by Gasteiger charge is 2.47. The van der Waals surface area contributed by atoms with Crippen LogP contribution in [0.15, 0.2) is 352 Å². The first-order valence-corrected chi connectivity index (χ1v) is 39.4. The quantitative estimate of drug-likeness (QED) is 0.0816. The molecule has 0 bridgehead atoms. The molecule has 5 nitrogen and oxygen atoms in total. The van der Waals surface area contributed by atoms with Gasteiger partial charge >= 0.3 is 0 Å². The van der Waals surface area contributed by atoms with Crippen molar-refractivity contribution in [3.8, 4) is 61.6 Å². The van der Waals surface area contributed by atoms with Crippen molar-refractivity contribution in [2.24, 2.45) is 0 Å². The number of para-hydroxylation sites is 4. The van der Waals surface area contributed by atoms with Crippen molar-refractivity contribution >= 4 is 155 Å². The molecule has 21 aromatic rings. The molecule has 6 heteroatoms. The van der Waals surface area contributed by atoms with Crippen LogP contribution in [-0.4, -0.2) is 20.4 Å². The van der Waals surface area contributed by atoms with E-state index >= 15 is 0 Å². The zero-order valence-corrected chi connectivity index (χ0v) is 63.3. The summed E-state index contributed by atoms with van der Waals surface area (Å²) in [6.07, 6.45) is 0. The fourth-order valence-corrected chi connectivity index (χ4v) is 19.7. The topological polar surface area (TPSA) is 21.3 Å². The Morgan fingerprint density at radius 3 is 1.00 bits per heavy atom. The van der Waals surface area contributed by atoms with Crippen LogP contribution in [0.25, 0.3) is 159 Å². The first-order valence-electron chi connectivity index (χ1n) is 39.4. The summed E-state index contributed by atoms with van der Waals surface area (Å²) in [5.74, 6) is 0. The summed E-state index contributed by atoms with van der Waals surface area (Å²) in [5.41, 5.74) is 31.7. The van der Waals surface area contributed by atoms with Crippen LogP contribution in [0.1, 0.15) is 52.7 Å². The van der Waals surface area contributed by atoms with E-state index in [4.69, 9.17) is 0 Å². The van der Waals surface area contributed by atoms with Crippen molar-refractivity contribution in [3.05, 3.63) is 363 Å². The summed E-state index contributed by atoms with van der Waals surface area (Å²) in [4.78, 5) is 5.50. The van der Waals surface area contributed by atoms with Gasteiger partial charge in [-0.15, -0.1) is 0 Å². The summed E-state index contributed by atoms with van der Waals surface area (Å²) in [6.45, 7) is 14.0. The highest BCUT2D eigenvalue weighted by Crippen LogP contribution is 2.57. The van der Waals surface area contributed by atoms with Gasteiger partial charge in [0.1, 0.15) is 0 Å². The standard InChI is InChI=1S/C106H76BN5/c1-105(2,3)72-59-82(66-31-13-8-14-32-66)103(83(60-72)67-33-15-9-16-34-67)111-93-63-74(108-87-45-23-19-39-76(87)77-40-20-24-46-88(77)108)51-53-85(93)107-86-54-52-75(109-89-47-25-21-41-78(89)79-42-22-26-48-90(79)109)64-94(86)112(96-58-71(57-95(111)102(96)107)65-29-11-7-12-30-65)104-84(68-35-17-10-18-36-68)61-73(106(4,5)6)62-97(104)110-91-55-49-69-37-27-43-80-81-44-28-38-70-50-56-92(110)101(99(70)81)100(91)98(69)80/h7-64H,1-6H3. The Hall–Kier alpha value is -13.7. The average Bonchev–Trinajstić information content (AvgIpc) is 1.27. The van der Waals surface area contributed by atoms with Gasteiger partial charge in [-0.1, -0.05) is 296 Å². The molecule has 2 aliphatic rings. The van der Waals surface area contributed by atoms with Gasteiger partial charge in [0.25, 0.3) is 6.71 Å². The van der Waals surface area contributed by atoms with Gasteiger partial charge in [0.2, 0.25) is 0 Å². The van der Waals surface area contributed by atoms with Crippen LogP contribution in [0.3, 0.4) is 0 Å². The third-order valence-electron chi connectivity index (χ3n) is 24.8. The SMILES string of the molecule is CC(C)(C)c1cc(-c2ccccc2)c(N2c3cc(-n4c5ccccc5c5ccccc54)ccc3B3c4ccc(-n5c6ccccc6c6ccccc65)cc4N(c4c(-c5ccccc5)cc(C(C)(C)C)cc4-n4c5ccc6cccc7c8cccc9ccc4c(c98)c5c67)c4cc(-c5ccccc5)cc2c43)c(-c2ccccc2)c1. The second-order valence-electron chi connectivity index (χ2n) is 33.1. The number of fused-ring (bicyclic) bond motifs is 11. The van der Waals surface area contributed by atoms with Crippen LogP contribution in [0.2, 0.25) is 0 Å². The van der Waals surface area contributed by atoms with E-state index in [2.05, 4.69) is 417 Å². The number of rotatable bonds is 9. The Labute approximate surface area is 651 Å². The summed E-state index contributed by atoms with van der Waals surface area (Å²) in [5, 5.41) is 15.1. The lowest BCUT2D eigenvalue weighted by atomic mass is 9.33. The van der Waals surface area contributed by atoms with Crippen molar-refractivity contribution in [1.82, 2.24) is 13.7 Å². The lowest BCUT2D eigenvalue weighted by Gasteiger charge is -2.46. The number of hydrogen-bond donors (Lipinski definition) is 0. The minimum atomic E-state index is -0.296. The molecule has 0 saturated carbocycles. The number of anilines is 6. The third kappa shape index (κ3) is 9.33. The number of benzene rings is 18. The molecule has 0 spiro atoms. The van der Waals surface area contributed by atoms with Gasteiger partial charge in [0.15, 0.2) is 0 Å². The Balaban J connectivity index is 0.927. The fourth-order valence-electron chi connectivity index (χ4n) is 19.7. The molecule has 0 saturated heterocycles. The molecule has 3 aromatic heterocycles. The molecule has 112 heavy (non-hydrogen) atoms. The Kier molecular flexibility index (Phi) is 13.7. The van der Waals surface area contributed by atoms with Gasteiger partial charge in [-0.2, -0.15) is 0 Å². The number of aromatic nitrogens is 3. The Morgan fingerprint density at radius 1 is 0.232 bits per heavy atom. The molecule has 0 amide bonds. The summed E-state index contributed by atoms with van der Waals surface area (Å²) >= 11 is 0. The van der Waals surface area contributed by atoms with Gasteiger partial charge in [-0.3, -0.25) is 0 Å². The molecule has 23 rings (SSSR count). The molecule has 18 aromatic carbocycles. The van der Waals surface area contributed by atoms with E-state index in [1.165, 1.54) is 103 Å². The monoisotopic (exact) mass is 1430 g/mol. The van der Waals surface area contributed by atoms with Gasteiger partial charge in [-0.05, 0) is 196 Å². The first-order chi connectivity index (χ1) is 54.9. The number of hydrogen-bond acceptors (Lipinski definition) is 2. The van der Waals surface area contributed by atoms with Crippen molar-refractivity contribution in [2.75, 3.05) is 9.80 Å². The normalized spacial score (nSPS) is 13.0. The molecule has 0 unspecified atom stereocenters. The molecule has 0 atom stereocenters. The van der Waals surface area contributed by atoms with Crippen molar-refractivity contribution in [3.63, 3.8) is 0 Å². The molecule has 0 N–H and O–H groups in total. The van der Waals surface area contributed by atoms with Gasteiger partial charge in [0.05, 0.1) is 50.2 Å². The van der Waals surface area contributed by atoms with Gasteiger partial charge in [-0.25, -0.2) is 0 Å². The highest BCUT2D eigenvalue weighted by atomic mass is 15.2. The molecule has 2 aliphatic heterocycles. The first kappa shape index (κ1) is 64.3. The number of nitrogens with zero attached hydrogens (tertiary/aromatic N) is 5. The van der Waals surface area contributed by atoms with Crippen LogP contribution in [0.5, 0.6) is 0 Å². The smallest absolute Gasteiger partial charge is 0.252 e. The van der Waals surface area contributed by atoms with E-state index in [9.17, 15) is 0 Å². The van der Waals surface area contributed by atoms with Gasteiger partial charge in [0, 0.05) is 83.1 Å². The molecule has 0 fully saturated rings. The minimum absolute atomic E-state index is 0.218. The highest BCUT2D eigenvalue weighted by molar-refractivity contribution is 7.00. The average molecular weight is 1430 g/mol. The minimum Gasteiger partial charge on any atom is -0.310 e. The van der Waals surface area contributed by atoms with E-state index < -0.39 is 0 Å². The molecular weight excluding hydrogens is 1350 g/mol. The molecule has 0 aliphatic carbocycles. The lowest BCUT2D eigenvalue weighted by Crippen LogP contribution is -2.61. The largest absolute Gasteiger partial charge is 0.310 e. The van der Waals surface area contributed by atoms with E-state index in [0.717, 1.165) is 118 Å². The Morgan fingerprint density at radius 2 is 0.589 bits per heavy atom. The van der Waals surface area contributed by atoms with Crippen molar-refractivity contribution < 1.29 is 0 Å². The van der Waals surface area contributed by atoms with Crippen LogP contribution < -0.4 is 26.2 Å². The second kappa shape index (κ2) is 23.9. The second-order valence-corrected chi connectivity index (χ2v) is 33.1. The van der Waals surface area contributed by atoms with Crippen LogP contribution in [-0.2, 0) is 10.8 Å². The molecule has 0 radical (unpaired) electrons. The maximum Gasteiger partial charge on any atom is 0.252 e. The molecule has 528 valence electrons. The van der Waals surface area contributed by atoms with Crippen molar-refractivity contribution in [2.45, 2.75) is 52.4 Å². The lowest BCUT2D eigenvalue weighted by molar-refractivity contribution is 0.590. The van der Waals surface area contributed by atoms with Gasteiger partial charge < -0.3 is 23.5 Å². The predicted molar refractivity (Wildman–Crippen MR) is 478 cm³/mol. The third-order valence-corrected chi connectivity index (χ3v) is 24.8. The summed E-state index contributed by atoms with van der Waals surface area (Å²) in [6, 6.07) is 135. The van der Waals surface area contributed by atoms with E-state index in [-0.39, 0.29) is 17.5 Å².